The van der Waals surface area contributed by atoms with Crippen molar-refractivity contribution in [1.29, 1.82) is 0 Å². The highest BCUT2D eigenvalue weighted by Crippen LogP contribution is 2.32. The van der Waals surface area contributed by atoms with Gasteiger partial charge in [-0.05, 0) is 37.1 Å². The maximum absolute atomic E-state index is 9.79. The highest BCUT2D eigenvalue weighted by molar-refractivity contribution is 9.10. The van der Waals surface area contributed by atoms with Gasteiger partial charge >= 0.3 is 0 Å². The number of piperidine rings is 1. The summed E-state index contributed by atoms with van der Waals surface area (Å²) in [5, 5.41) is 13.1. The van der Waals surface area contributed by atoms with E-state index in [1.54, 1.807) is 6.07 Å². The van der Waals surface area contributed by atoms with E-state index in [9.17, 15) is 5.11 Å². The molecule has 0 radical (unpaired) electrons. The van der Waals surface area contributed by atoms with Crippen molar-refractivity contribution in [3.8, 4) is 5.75 Å². The Morgan fingerprint density at radius 2 is 2.29 bits per heavy atom. The van der Waals surface area contributed by atoms with E-state index in [0.29, 0.717) is 11.7 Å². The van der Waals surface area contributed by atoms with Gasteiger partial charge in [0.2, 0.25) is 0 Å². The number of hydrogen-bond donors (Lipinski definition) is 2. The molecule has 0 saturated carbocycles. The average molecular weight is 256 g/mol. The summed E-state index contributed by atoms with van der Waals surface area (Å²) >= 11 is 3.34. The molecule has 3 heteroatoms. The number of rotatable bonds is 1. The van der Waals surface area contributed by atoms with Crippen molar-refractivity contribution in [2.24, 2.45) is 0 Å². The summed E-state index contributed by atoms with van der Waals surface area (Å²) in [6.45, 7) is 2.09. The number of phenols is 1. The predicted octanol–water partition coefficient (Wildman–Crippen LogP) is 2.62. The van der Waals surface area contributed by atoms with Crippen LogP contribution in [0.2, 0.25) is 0 Å². The first kappa shape index (κ1) is 9.99. The highest BCUT2D eigenvalue weighted by Gasteiger charge is 2.17. The molecule has 14 heavy (non-hydrogen) atoms. The molecule has 1 fully saturated rings. The monoisotopic (exact) mass is 255 g/mol. The van der Waals surface area contributed by atoms with E-state index >= 15 is 0 Å². The van der Waals surface area contributed by atoms with Crippen LogP contribution in [-0.4, -0.2) is 18.2 Å². The molecule has 0 spiro atoms. The standard InChI is InChI=1S/C11H14BrNO/c12-9-3-4-10(11(14)6-9)8-2-1-5-13-7-8/h3-4,6,8,13-14H,1-2,5,7H2. The Labute approximate surface area is 92.5 Å². The molecule has 1 atom stereocenters. The van der Waals surface area contributed by atoms with Crippen LogP contribution in [0.1, 0.15) is 24.3 Å². The van der Waals surface area contributed by atoms with Gasteiger partial charge in [0.25, 0.3) is 0 Å². The van der Waals surface area contributed by atoms with Crippen LogP contribution in [0.15, 0.2) is 22.7 Å². The topological polar surface area (TPSA) is 32.3 Å². The van der Waals surface area contributed by atoms with Crippen LogP contribution in [0, 0.1) is 0 Å². The molecule has 0 aliphatic carbocycles. The van der Waals surface area contributed by atoms with E-state index in [0.717, 1.165) is 23.1 Å². The second kappa shape index (κ2) is 4.32. The largest absolute Gasteiger partial charge is 0.508 e. The van der Waals surface area contributed by atoms with Crippen LogP contribution >= 0.6 is 15.9 Å². The summed E-state index contributed by atoms with van der Waals surface area (Å²) in [5.74, 6) is 0.880. The molecule has 1 aromatic rings. The molecule has 1 aliphatic heterocycles. The molecule has 0 amide bonds. The van der Waals surface area contributed by atoms with Crippen LogP contribution < -0.4 is 5.32 Å². The smallest absolute Gasteiger partial charge is 0.120 e. The van der Waals surface area contributed by atoms with Crippen LogP contribution in [0.3, 0.4) is 0 Å². The second-order valence-electron chi connectivity index (χ2n) is 3.75. The third-order valence-electron chi connectivity index (χ3n) is 2.73. The van der Waals surface area contributed by atoms with Crippen LogP contribution in [-0.2, 0) is 0 Å². The van der Waals surface area contributed by atoms with Gasteiger partial charge in [-0.1, -0.05) is 22.0 Å². The maximum Gasteiger partial charge on any atom is 0.120 e. The summed E-state index contributed by atoms with van der Waals surface area (Å²) in [5.41, 5.74) is 1.07. The first-order valence-electron chi connectivity index (χ1n) is 4.96. The SMILES string of the molecule is Oc1cc(Br)ccc1C1CCCNC1. The van der Waals surface area contributed by atoms with Gasteiger partial charge in [0, 0.05) is 16.9 Å². The molecule has 1 aliphatic rings. The minimum atomic E-state index is 0.410. The normalized spacial score (nSPS) is 22.2. The Balaban J connectivity index is 2.22. The number of aromatic hydroxyl groups is 1. The summed E-state index contributed by atoms with van der Waals surface area (Å²) in [6, 6.07) is 5.77. The third-order valence-corrected chi connectivity index (χ3v) is 3.22. The first-order valence-corrected chi connectivity index (χ1v) is 5.76. The van der Waals surface area contributed by atoms with E-state index < -0.39 is 0 Å². The number of nitrogens with one attached hydrogen (secondary N) is 1. The molecule has 1 saturated heterocycles. The Bertz CT molecular complexity index is 321. The molecular weight excluding hydrogens is 242 g/mol. The number of phenolic OH excluding ortho intramolecular Hbond substituents is 1. The molecule has 76 valence electrons. The van der Waals surface area contributed by atoms with E-state index in [-0.39, 0.29) is 0 Å². The third kappa shape index (κ3) is 2.10. The van der Waals surface area contributed by atoms with Gasteiger partial charge in [0.15, 0.2) is 0 Å². The summed E-state index contributed by atoms with van der Waals surface area (Å²) in [7, 11) is 0. The van der Waals surface area contributed by atoms with Crippen molar-refractivity contribution >= 4 is 15.9 Å². The zero-order valence-corrected chi connectivity index (χ0v) is 9.55. The molecule has 1 aromatic carbocycles. The average Bonchev–Trinajstić information content (AvgIpc) is 2.19. The number of hydrogen-bond acceptors (Lipinski definition) is 2. The van der Waals surface area contributed by atoms with E-state index in [2.05, 4.69) is 21.2 Å². The van der Waals surface area contributed by atoms with Gasteiger partial charge in [0.05, 0.1) is 0 Å². The first-order chi connectivity index (χ1) is 6.77. The Morgan fingerprint density at radius 1 is 1.43 bits per heavy atom. The summed E-state index contributed by atoms with van der Waals surface area (Å²) < 4.78 is 0.933. The lowest BCUT2D eigenvalue weighted by molar-refractivity contribution is 0.425. The van der Waals surface area contributed by atoms with Crippen molar-refractivity contribution in [1.82, 2.24) is 5.32 Å². The van der Waals surface area contributed by atoms with E-state index in [4.69, 9.17) is 0 Å². The van der Waals surface area contributed by atoms with Crippen molar-refractivity contribution in [3.05, 3.63) is 28.2 Å². The molecule has 0 aromatic heterocycles. The Kier molecular flexibility index (Phi) is 3.08. The molecule has 2 rings (SSSR count). The van der Waals surface area contributed by atoms with Gasteiger partial charge in [-0.3, -0.25) is 0 Å². The van der Waals surface area contributed by atoms with Crippen molar-refractivity contribution in [3.63, 3.8) is 0 Å². The fraction of sp³-hybridized carbons (Fsp3) is 0.455. The number of benzene rings is 1. The number of halogens is 1. The van der Waals surface area contributed by atoms with Gasteiger partial charge in [-0.2, -0.15) is 0 Å². The minimum Gasteiger partial charge on any atom is -0.508 e. The van der Waals surface area contributed by atoms with Crippen molar-refractivity contribution < 1.29 is 5.11 Å². The fourth-order valence-electron chi connectivity index (χ4n) is 1.98. The zero-order chi connectivity index (χ0) is 9.97. The zero-order valence-electron chi connectivity index (χ0n) is 7.96. The van der Waals surface area contributed by atoms with Crippen molar-refractivity contribution in [2.75, 3.05) is 13.1 Å². The Morgan fingerprint density at radius 3 is 2.93 bits per heavy atom. The van der Waals surface area contributed by atoms with E-state index in [1.807, 2.05) is 12.1 Å². The van der Waals surface area contributed by atoms with Gasteiger partial charge < -0.3 is 10.4 Å². The quantitative estimate of drug-likeness (QED) is 0.809. The fourth-order valence-corrected chi connectivity index (χ4v) is 2.33. The van der Waals surface area contributed by atoms with Gasteiger partial charge in [-0.15, -0.1) is 0 Å². The molecular formula is C11H14BrNO. The lowest BCUT2D eigenvalue weighted by Gasteiger charge is -2.23. The highest BCUT2D eigenvalue weighted by atomic mass is 79.9. The molecule has 1 heterocycles. The molecule has 0 bridgehead atoms. The van der Waals surface area contributed by atoms with Gasteiger partial charge in [-0.25, -0.2) is 0 Å². The van der Waals surface area contributed by atoms with Crippen LogP contribution in [0.5, 0.6) is 5.75 Å². The predicted molar refractivity (Wildman–Crippen MR) is 60.7 cm³/mol. The molecule has 1 unspecified atom stereocenters. The molecule has 2 nitrogen and oxygen atoms in total. The second-order valence-corrected chi connectivity index (χ2v) is 4.66. The lowest BCUT2D eigenvalue weighted by Crippen LogP contribution is -2.28. The van der Waals surface area contributed by atoms with Gasteiger partial charge in [0.1, 0.15) is 5.75 Å². The minimum absolute atomic E-state index is 0.410. The molecule has 2 N–H and O–H groups in total. The summed E-state index contributed by atoms with van der Waals surface area (Å²) in [6.07, 6.45) is 2.36. The van der Waals surface area contributed by atoms with Crippen LogP contribution in [0.4, 0.5) is 0 Å². The maximum atomic E-state index is 9.79. The lowest BCUT2D eigenvalue weighted by atomic mass is 9.91. The van der Waals surface area contributed by atoms with Crippen molar-refractivity contribution in [2.45, 2.75) is 18.8 Å². The van der Waals surface area contributed by atoms with E-state index in [1.165, 1.54) is 12.8 Å². The van der Waals surface area contributed by atoms with Crippen LogP contribution in [0.25, 0.3) is 0 Å². The summed E-state index contributed by atoms with van der Waals surface area (Å²) in [4.78, 5) is 0. The Hall–Kier alpha value is -0.540.